The molecule has 0 spiro atoms. The normalized spacial score (nSPS) is 20.3. The van der Waals surface area contributed by atoms with Crippen LogP contribution in [0.2, 0.25) is 0 Å². The molecule has 2 saturated heterocycles. The summed E-state index contributed by atoms with van der Waals surface area (Å²) in [6.45, 7) is 2.45. The molecule has 2 heterocycles. The molecule has 2 aliphatic rings. The van der Waals surface area contributed by atoms with Crippen molar-refractivity contribution in [1.82, 2.24) is 9.80 Å². The SMILES string of the molecule is O=C(C1CCC(c2ccc(F)cc2)N(C(=O)c2ccccc2)C1)N1CCN(c2ccccc2F)CC1. The first kappa shape index (κ1) is 24.0. The summed E-state index contributed by atoms with van der Waals surface area (Å²) in [6.07, 6.45) is 1.27. The second kappa shape index (κ2) is 10.5. The summed E-state index contributed by atoms with van der Waals surface area (Å²) in [6, 6.07) is 21.8. The molecule has 2 atom stereocenters. The van der Waals surface area contributed by atoms with Crippen LogP contribution in [-0.4, -0.2) is 54.3 Å². The van der Waals surface area contributed by atoms with Crippen molar-refractivity contribution in [3.05, 3.63) is 102 Å². The molecule has 2 unspecified atom stereocenters. The van der Waals surface area contributed by atoms with Crippen molar-refractivity contribution >= 4 is 17.5 Å². The molecule has 0 radical (unpaired) electrons. The van der Waals surface area contributed by atoms with Gasteiger partial charge in [0, 0.05) is 38.3 Å². The topological polar surface area (TPSA) is 43.9 Å². The minimum atomic E-state index is -0.321. The van der Waals surface area contributed by atoms with E-state index in [2.05, 4.69) is 0 Å². The average molecular weight is 490 g/mol. The number of para-hydroxylation sites is 1. The number of rotatable bonds is 4. The second-order valence-corrected chi connectivity index (χ2v) is 9.43. The largest absolute Gasteiger partial charge is 0.366 e. The van der Waals surface area contributed by atoms with Gasteiger partial charge in [-0.05, 0) is 54.8 Å². The van der Waals surface area contributed by atoms with Crippen molar-refractivity contribution < 1.29 is 18.4 Å². The number of piperazine rings is 1. The molecule has 2 fully saturated rings. The van der Waals surface area contributed by atoms with Gasteiger partial charge in [-0.1, -0.05) is 42.5 Å². The summed E-state index contributed by atoms with van der Waals surface area (Å²) in [5.41, 5.74) is 1.99. The first-order valence-electron chi connectivity index (χ1n) is 12.4. The van der Waals surface area contributed by atoms with E-state index in [1.807, 2.05) is 34.1 Å². The van der Waals surface area contributed by atoms with Gasteiger partial charge in [-0.15, -0.1) is 0 Å². The number of halogens is 2. The Bertz CT molecular complexity index is 1210. The molecule has 0 bridgehead atoms. The van der Waals surface area contributed by atoms with Crippen LogP contribution in [0.5, 0.6) is 0 Å². The minimum absolute atomic E-state index is 0.0339. The van der Waals surface area contributed by atoms with Gasteiger partial charge in [0.2, 0.25) is 5.91 Å². The summed E-state index contributed by atoms with van der Waals surface area (Å²) < 4.78 is 27.7. The molecule has 0 N–H and O–H groups in total. The lowest BCUT2D eigenvalue weighted by molar-refractivity contribution is -0.137. The summed E-state index contributed by atoms with van der Waals surface area (Å²) in [5, 5.41) is 0. The van der Waals surface area contributed by atoms with Crippen LogP contribution in [0.3, 0.4) is 0 Å². The Kier molecular flexibility index (Phi) is 6.98. The Morgan fingerprint density at radius 3 is 2.11 bits per heavy atom. The van der Waals surface area contributed by atoms with Gasteiger partial charge in [0.25, 0.3) is 5.91 Å². The Hall–Kier alpha value is -3.74. The lowest BCUT2D eigenvalue weighted by atomic mass is 9.87. The zero-order valence-electron chi connectivity index (χ0n) is 20.0. The van der Waals surface area contributed by atoms with Gasteiger partial charge in [0.1, 0.15) is 11.6 Å². The first-order chi connectivity index (χ1) is 17.5. The molecule has 2 aliphatic heterocycles. The highest BCUT2D eigenvalue weighted by atomic mass is 19.1. The highest BCUT2D eigenvalue weighted by molar-refractivity contribution is 5.95. The van der Waals surface area contributed by atoms with Crippen molar-refractivity contribution in [3.8, 4) is 0 Å². The monoisotopic (exact) mass is 489 g/mol. The Morgan fingerprint density at radius 2 is 1.42 bits per heavy atom. The fourth-order valence-electron chi connectivity index (χ4n) is 5.31. The van der Waals surface area contributed by atoms with E-state index in [-0.39, 0.29) is 35.4 Å². The van der Waals surface area contributed by atoms with Gasteiger partial charge in [0.05, 0.1) is 17.6 Å². The number of nitrogens with zero attached hydrogens (tertiary/aromatic N) is 3. The summed E-state index contributed by atoms with van der Waals surface area (Å²) in [4.78, 5) is 32.6. The van der Waals surface area contributed by atoms with E-state index in [4.69, 9.17) is 0 Å². The summed E-state index contributed by atoms with van der Waals surface area (Å²) in [5.74, 6) is -0.989. The Morgan fingerprint density at radius 1 is 0.750 bits per heavy atom. The molecule has 36 heavy (non-hydrogen) atoms. The fourth-order valence-corrected chi connectivity index (χ4v) is 5.31. The van der Waals surface area contributed by atoms with Crippen LogP contribution in [-0.2, 0) is 4.79 Å². The third-order valence-corrected chi connectivity index (χ3v) is 7.25. The number of carbonyl (C=O) groups is 2. The third-order valence-electron chi connectivity index (χ3n) is 7.25. The third kappa shape index (κ3) is 4.96. The number of anilines is 1. The molecule has 5 nitrogen and oxygen atoms in total. The van der Waals surface area contributed by atoms with Crippen molar-refractivity contribution in [2.45, 2.75) is 18.9 Å². The standard InChI is InChI=1S/C29H29F2N3O2/c30-24-13-10-21(11-14-24)26-15-12-23(20-34(26)29(36)22-6-2-1-3-7-22)28(35)33-18-16-32(17-19-33)27-9-5-4-8-25(27)31/h1-11,13-14,23,26H,12,15-20H2. The fraction of sp³-hybridized carbons (Fsp3) is 0.310. The van der Waals surface area contributed by atoms with E-state index in [1.165, 1.54) is 18.2 Å². The zero-order chi connectivity index (χ0) is 25.1. The number of benzene rings is 3. The van der Waals surface area contributed by atoms with Crippen molar-refractivity contribution in [3.63, 3.8) is 0 Å². The molecule has 0 saturated carbocycles. The average Bonchev–Trinajstić information content (AvgIpc) is 2.93. The summed E-state index contributed by atoms with van der Waals surface area (Å²) >= 11 is 0. The molecular weight excluding hydrogens is 460 g/mol. The Balaban J connectivity index is 1.30. The van der Waals surface area contributed by atoms with Gasteiger partial charge < -0.3 is 14.7 Å². The van der Waals surface area contributed by atoms with E-state index in [1.54, 1.807) is 41.3 Å². The molecular formula is C29H29F2N3O2. The number of piperidine rings is 1. The van der Waals surface area contributed by atoms with E-state index in [0.717, 1.165) is 5.56 Å². The van der Waals surface area contributed by atoms with E-state index < -0.39 is 0 Å². The van der Waals surface area contributed by atoms with Gasteiger partial charge in [0.15, 0.2) is 0 Å². The maximum atomic E-state index is 14.2. The molecule has 5 rings (SSSR count). The van der Waals surface area contributed by atoms with Crippen molar-refractivity contribution in [1.29, 1.82) is 0 Å². The molecule has 0 aliphatic carbocycles. The Labute approximate surface area is 209 Å². The van der Waals surface area contributed by atoms with Crippen molar-refractivity contribution in [2.24, 2.45) is 5.92 Å². The molecule has 2 amide bonds. The van der Waals surface area contributed by atoms with E-state index in [9.17, 15) is 18.4 Å². The van der Waals surface area contributed by atoms with Gasteiger partial charge in [-0.2, -0.15) is 0 Å². The number of amides is 2. The van der Waals surface area contributed by atoms with Gasteiger partial charge in [-0.3, -0.25) is 9.59 Å². The van der Waals surface area contributed by atoms with Crippen LogP contribution in [0.15, 0.2) is 78.9 Å². The molecule has 3 aromatic carbocycles. The lowest BCUT2D eigenvalue weighted by Crippen LogP contribution is -2.53. The maximum absolute atomic E-state index is 14.2. The quantitative estimate of drug-likeness (QED) is 0.523. The van der Waals surface area contributed by atoms with Crippen LogP contribution in [0, 0.1) is 17.6 Å². The molecule has 186 valence electrons. The van der Waals surface area contributed by atoms with E-state index in [0.29, 0.717) is 56.8 Å². The number of carbonyl (C=O) groups excluding carboxylic acids is 2. The molecule has 7 heteroatoms. The molecule has 0 aromatic heterocycles. The summed E-state index contributed by atoms with van der Waals surface area (Å²) in [7, 11) is 0. The highest BCUT2D eigenvalue weighted by Crippen LogP contribution is 2.35. The predicted octanol–water partition coefficient (Wildman–Crippen LogP) is 4.91. The van der Waals surface area contributed by atoms with Crippen LogP contribution in [0.25, 0.3) is 0 Å². The zero-order valence-corrected chi connectivity index (χ0v) is 20.0. The minimum Gasteiger partial charge on any atom is -0.366 e. The number of hydrogen-bond donors (Lipinski definition) is 0. The predicted molar refractivity (Wildman–Crippen MR) is 135 cm³/mol. The lowest BCUT2D eigenvalue weighted by Gasteiger charge is -2.42. The first-order valence-corrected chi connectivity index (χ1v) is 12.4. The van der Waals surface area contributed by atoms with Crippen LogP contribution >= 0.6 is 0 Å². The number of hydrogen-bond acceptors (Lipinski definition) is 3. The number of likely N-dealkylation sites (tertiary alicyclic amines) is 1. The maximum Gasteiger partial charge on any atom is 0.254 e. The van der Waals surface area contributed by atoms with Crippen LogP contribution < -0.4 is 4.90 Å². The van der Waals surface area contributed by atoms with E-state index >= 15 is 0 Å². The smallest absolute Gasteiger partial charge is 0.254 e. The highest BCUT2D eigenvalue weighted by Gasteiger charge is 2.38. The van der Waals surface area contributed by atoms with Crippen LogP contribution in [0.4, 0.5) is 14.5 Å². The van der Waals surface area contributed by atoms with Crippen LogP contribution in [0.1, 0.15) is 34.8 Å². The van der Waals surface area contributed by atoms with Gasteiger partial charge in [-0.25, -0.2) is 8.78 Å². The van der Waals surface area contributed by atoms with Gasteiger partial charge >= 0.3 is 0 Å². The second-order valence-electron chi connectivity index (χ2n) is 9.43. The molecule has 3 aromatic rings. The van der Waals surface area contributed by atoms with Crippen molar-refractivity contribution in [2.75, 3.05) is 37.6 Å².